The first-order chi connectivity index (χ1) is 6.31. The van der Waals surface area contributed by atoms with Gasteiger partial charge in [0.1, 0.15) is 5.69 Å². The zero-order valence-electron chi connectivity index (χ0n) is 7.32. The molecule has 1 fully saturated rings. The van der Waals surface area contributed by atoms with Gasteiger partial charge in [-0.3, -0.25) is 4.79 Å². The molecule has 0 spiro atoms. The Morgan fingerprint density at radius 3 is 3.08 bits per heavy atom. The van der Waals surface area contributed by atoms with Crippen molar-refractivity contribution in [3.63, 3.8) is 0 Å². The van der Waals surface area contributed by atoms with Gasteiger partial charge in [0, 0.05) is 17.7 Å². The fraction of sp³-hybridized carbons (Fsp3) is 0.556. The molecule has 0 bridgehead atoms. The number of Topliss-reactive ketones (excluding diaryl/α,β-unsaturated/α-hetero) is 1. The third-order valence-corrected chi connectivity index (χ3v) is 3.02. The van der Waals surface area contributed by atoms with Crippen molar-refractivity contribution in [3.8, 4) is 0 Å². The van der Waals surface area contributed by atoms with Gasteiger partial charge in [-0.2, -0.15) is 0 Å². The summed E-state index contributed by atoms with van der Waals surface area (Å²) in [5.41, 5.74) is 6.05. The van der Waals surface area contributed by atoms with Crippen LogP contribution in [0.2, 0.25) is 0 Å². The zero-order valence-corrected chi connectivity index (χ0v) is 8.14. The van der Waals surface area contributed by atoms with Gasteiger partial charge in [0.2, 0.25) is 0 Å². The molecule has 3 nitrogen and oxygen atoms in total. The van der Waals surface area contributed by atoms with E-state index in [0.717, 1.165) is 24.3 Å². The normalized spacial score (nSPS) is 16.1. The average Bonchev–Trinajstić information content (AvgIpc) is 2.87. The zero-order chi connectivity index (χ0) is 9.26. The van der Waals surface area contributed by atoms with Crippen molar-refractivity contribution in [1.82, 2.24) is 4.98 Å². The molecule has 0 unspecified atom stereocenters. The molecule has 1 aromatic rings. The van der Waals surface area contributed by atoms with Gasteiger partial charge in [-0.15, -0.1) is 11.3 Å². The molecule has 1 aromatic heterocycles. The number of nitrogens with two attached hydrogens (primary N) is 1. The highest BCUT2D eigenvalue weighted by atomic mass is 32.1. The summed E-state index contributed by atoms with van der Waals surface area (Å²) in [6.45, 7) is 0.602. The van der Waals surface area contributed by atoms with Crippen molar-refractivity contribution < 1.29 is 4.79 Å². The molecule has 0 atom stereocenters. The lowest BCUT2D eigenvalue weighted by molar-refractivity contribution is 0.0963. The van der Waals surface area contributed by atoms with Crippen molar-refractivity contribution in [3.05, 3.63) is 16.1 Å². The number of carbonyl (C=O) groups excluding carboxylic acids is 1. The Hall–Kier alpha value is -0.740. The molecule has 0 saturated heterocycles. The van der Waals surface area contributed by atoms with Gasteiger partial charge in [-0.1, -0.05) is 0 Å². The van der Waals surface area contributed by atoms with Crippen LogP contribution in [0.1, 0.15) is 28.3 Å². The summed E-state index contributed by atoms with van der Waals surface area (Å²) in [6.07, 6.45) is 2.87. The molecule has 0 aliphatic heterocycles. The summed E-state index contributed by atoms with van der Waals surface area (Å²) in [5.74, 6) is 0.493. The molecule has 2 N–H and O–H groups in total. The summed E-state index contributed by atoms with van der Waals surface area (Å²) >= 11 is 1.54. The minimum atomic E-state index is 0.222. The lowest BCUT2D eigenvalue weighted by Crippen LogP contribution is -2.04. The Morgan fingerprint density at radius 1 is 1.69 bits per heavy atom. The molecular weight excluding hydrogens is 184 g/mol. The third kappa shape index (κ3) is 1.95. The van der Waals surface area contributed by atoms with E-state index < -0.39 is 0 Å². The molecule has 1 aliphatic carbocycles. The van der Waals surface area contributed by atoms with Crippen LogP contribution >= 0.6 is 11.3 Å². The van der Waals surface area contributed by atoms with Gasteiger partial charge in [-0.05, 0) is 19.4 Å². The number of rotatable bonds is 4. The van der Waals surface area contributed by atoms with Crippen molar-refractivity contribution in [2.75, 3.05) is 6.54 Å². The highest BCUT2D eigenvalue weighted by Gasteiger charge is 2.31. The van der Waals surface area contributed by atoms with Crippen LogP contribution < -0.4 is 5.73 Å². The van der Waals surface area contributed by atoms with E-state index in [0.29, 0.717) is 12.2 Å². The fourth-order valence-corrected chi connectivity index (χ4v) is 2.02. The second-order valence-electron chi connectivity index (χ2n) is 3.30. The molecular formula is C9H12N2OS. The highest BCUT2D eigenvalue weighted by Crippen LogP contribution is 2.32. The second-order valence-corrected chi connectivity index (χ2v) is 4.25. The summed E-state index contributed by atoms with van der Waals surface area (Å²) < 4.78 is 0. The minimum absolute atomic E-state index is 0.222. The number of hydrogen-bond acceptors (Lipinski definition) is 4. The van der Waals surface area contributed by atoms with Crippen LogP contribution in [0, 0.1) is 5.92 Å². The van der Waals surface area contributed by atoms with E-state index >= 15 is 0 Å². The molecule has 70 valence electrons. The minimum Gasteiger partial charge on any atom is -0.330 e. The van der Waals surface area contributed by atoms with Crippen molar-refractivity contribution in [2.45, 2.75) is 19.3 Å². The van der Waals surface area contributed by atoms with Gasteiger partial charge >= 0.3 is 0 Å². The van der Waals surface area contributed by atoms with E-state index in [1.165, 1.54) is 11.3 Å². The molecule has 13 heavy (non-hydrogen) atoms. The van der Waals surface area contributed by atoms with Crippen LogP contribution in [-0.2, 0) is 6.42 Å². The lowest BCUT2D eigenvalue weighted by Gasteiger charge is -1.91. The summed E-state index contributed by atoms with van der Waals surface area (Å²) in [6, 6.07) is 0. The van der Waals surface area contributed by atoms with Gasteiger partial charge in [0.15, 0.2) is 5.78 Å². The van der Waals surface area contributed by atoms with Crippen molar-refractivity contribution >= 4 is 17.1 Å². The first-order valence-electron chi connectivity index (χ1n) is 4.50. The molecule has 0 aromatic carbocycles. The van der Waals surface area contributed by atoms with Gasteiger partial charge in [0.05, 0.1) is 5.01 Å². The van der Waals surface area contributed by atoms with E-state index in [1.54, 1.807) is 0 Å². The van der Waals surface area contributed by atoms with Gasteiger partial charge in [0.25, 0.3) is 0 Å². The van der Waals surface area contributed by atoms with Gasteiger partial charge < -0.3 is 5.73 Å². The Bertz CT molecular complexity index is 317. The second kappa shape index (κ2) is 3.55. The highest BCUT2D eigenvalue weighted by molar-refractivity contribution is 7.09. The summed E-state index contributed by atoms with van der Waals surface area (Å²) in [5, 5.41) is 2.83. The third-order valence-electron chi connectivity index (χ3n) is 2.11. The van der Waals surface area contributed by atoms with E-state index in [4.69, 9.17) is 5.73 Å². The van der Waals surface area contributed by atoms with E-state index in [1.807, 2.05) is 5.38 Å². The number of hydrogen-bond donors (Lipinski definition) is 1. The average molecular weight is 196 g/mol. The number of carbonyl (C=O) groups is 1. The van der Waals surface area contributed by atoms with Gasteiger partial charge in [-0.25, -0.2) is 4.98 Å². The monoisotopic (exact) mass is 196 g/mol. The van der Waals surface area contributed by atoms with Crippen molar-refractivity contribution in [2.24, 2.45) is 11.7 Å². The van der Waals surface area contributed by atoms with Crippen LogP contribution in [0.3, 0.4) is 0 Å². The molecule has 1 saturated carbocycles. The Kier molecular flexibility index (Phi) is 2.42. The maximum atomic E-state index is 11.5. The van der Waals surface area contributed by atoms with Crippen LogP contribution in [0.25, 0.3) is 0 Å². The maximum Gasteiger partial charge on any atom is 0.185 e. The molecule has 4 heteroatoms. The topological polar surface area (TPSA) is 56.0 Å². The summed E-state index contributed by atoms with van der Waals surface area (Å²) in [4.78, 5) is 15.8. The van der Waals surface area contributed by atoms with Crippen LogP contribution in [0.4, 0.5) is 0 Å². The van der Waals surface area contributed by atoms with Crippen LogP contribution in [0.15, 0.2) is 5.38 Å². The molecule has 0 amide bonds. The molecule has 0 radical (unpaired) electrons. The van der Waals surface area contributed by atoms with E-state index in [9.17, 15) is 4.79 Å². The predicted octanol–water partition coefficient (Wildman–Crippen LogP) is 1.24. The lowest BCUT2D eigenvalue weighted by atomic mass is 10.2. The van der Waals surface area contributed by atoms with Crippen LogP contribution in [-0.4, -0.2) is 17.3 Å². The Balaban J connectivity index is 2.07. The Labute approximate surface area is 81.0 Å². The summed E-state index contributed by atoms with van der Waals surface area (Å²) in [7, 11) is 0. The first kappa shape index (κ1) is 8.84. The number of aromatic nitrogens is 1. The molecule has 1 heterocycles. The van der Waals surface area contributed by atoms with Crippen molar-refractivity contribution in [1.29, 1.82) is 0 Å². The quantitative estimate of drug-likeness (QED) is 0.737. The number of ketones is 1. The molecule has 2 rings (SSSR count). The predicted molar refractivity (Wildman–Crippen MR) is 51.9 cm³/mol. The largest absolute Gasteiger partial charge is 0.330 e. The number of nitrogens with zero attached hydrogens (tertiary/aromatic N) is 1. The smallest absolute Gasteiger partial charge is 0.185 e. The number of thiazole rings is 1. The van der Waals surface area contributed by atoms with E-state index in [2.05, 4.69) is 4.98 Å². The standard InChI is InChI=1S/C9H12N2OS/c10-4-3-8-11-7(5-13-8)9(12)6-1-2-6/h5-6H,1-4,10H2. The van der Waals surface area contributed by atoms with Crippen LogP contribution in [0.5, 0.6) is 0 Å². The molecule has 1 aliphatic rings. The first-order valence-corrected chi connectivity index (χ1v) is 5.38. The Morgan fingerprint density at radius 2 is 2.46 bits per heavy atom. The fourth-order valence-electron chi connectivity index (χ4n) is 1.22. The van der Waals surface area contributed by atoms with E-state index in [-0.39, 0.29) is 11.7 Å². The SMILES string of the molecule is NCCc1nc(C(=O)C2CC2)cs1. The maximum absolute atomic E-state index is 11.5.